The zero-order valence-electron chi connectivity index (χ0n) is 14.1. The monoisotopic (exact) mass is 378 g/mol. The van der Waals surface area contributed by atoms with Crippen molar-refractivity contribution in [2.45, 2.75) is 51.7 Å². The Labute approximate surface area is 145 Å². The Hall–Kier alpha value is -1.49. The summed E-state index contributed by atoms with van der Waals surface area (Å²) in [7, 11) is 1.84. The number of hydrogen-bond donors (Lipinski definition) is 1. The normalized spacial score (nSPS) is 17.9. The Morgan fingerprint density at radius 2 is 2.13 bits per heavy atom. The summed E-state index contributed by atoms with van der Waals surface area (Å²) in [4.78, 5) is 17.6. The first kappa shape index (κ1) is 16.4. The lowest BCUT2D eigenvalue weighted by atomic mass is 9.91. The van der Waals surface area contributed by atoms with Crippen LogP contribution in [0.1, 0.15) is 38.4 Å². The molecule has 1 N–H and O–H groups in total. The van der Waals surface area contributed by atoms with E-state index in [1.807, 2.05) is 27.8 Å². The zero-order chi connectivity index (χ0) is 16.8. The van der Waals surface area contributed by atoms with E-state index in [0.29, 0.717) is 0 Å². The van der Waals surface area contributed by atoms with Crippen molar-refractivity contribution in [3.05, 3.63) is 33.9 Å². The molecule has 0 fully saturated rings. The van der Waals surface area contributed by atoms with E-state index in [1.54, 1.807) is 4.90 Å². The van der Waals surface area contributed by atoms with Gasteiger partial charge in [0.15, 0.2) is 0 Å². The van der Waals surface area contributed by atoms with Gasteiger partial charge in [0.25, 0.3) is 0 Å². The summed E-state index contributed by atoms with van der Waals surface area (Å²) in [6.45, 7) is 5.69. The van der Waals surface area contributed by atoms with Crippen LogP contribution in [-0.2, 0) is 17.6 Å². The molecule has 1 aromatic carbocycles. The molecule has 0 bridgehead atoms. The molecule has 23 heavy (non-hydrogen) atoms. The Bertz CT molecular complexity index is 745. The predicted octanol–water partition coefficient (Wildman–Crippen LogP) is 4.65. The fourth-order valence-electron chi connectivity index (χ4n) is 3.19. The van der Waals surface area contributed by atoms with Crippen molar-refractivity contribution in [2.75, 3.05) is 7.05 Å². The lowest BCUT2D eigenvalue weighted by molar-refractivity contribution is 0.0210. The number of halogens is 1. The second-order valence-electron chi connectivity index (χ2n) is 7.26. The number of carbonyl (C=O) groups excluding carboxylic acids is 1. The molecular formula is C18H23BrN2O2. The highest BCUT2D eigenvalue weighted by atomic mass is 79.9. The zero-order valence-corrected chi connectivity index (χ0v) is 15.7. The number of amides is 1. The summed E-state index contributed by atoms with van der Waals surface area (Å²) in [5, 5.41) is 1.26. The molecule has 124 valence electrons. The number of fused-ring (bicyclic) bond motifs is 3. The van der Waals surface area contributed by atoms with Crippen LogP contribution in [0.15, 0.2) is 22.7 Å². The van der Waals surface area contributed by atoms with Crippen LogP contribution in [0.5, 0.6) is 0 Å². The lowest BCUT2D eigenvalue weighted by Gasteiger charge is -2.33. The number of rotatable bonds is 1. The minimum absolute atomic E-state index is 0.181. The number of aromatic nitrogens is 1. The molecule has 1 aromatic heterocycles. The molecule has 1 unspecified atom stereocenters. The SMILES string of the molecule is CN(C(=O)OC(C)(C)C)C1CCc2[nH]c3cc(Br)ccc3c2C1. The molecule has 0 saturated heterocycles. The van der Waals surface area contributed by atoms with Gasteiger partial charge in [0.1, 0.15) is 5.60 Å². The van der Waals surface area contributed by atoms with Crippen LogP contribution in [-0.4, -0.2) is 34.7 Å². The summed E-state index contributed by atoms with van der Waals surface area (Å²) in [5.74, 6) is 0. The minimum atomic E-state index is -0.460. The number of benzene rings is 1. The second-order valence-corrected chi connectivity index (χ2v) is 8.18. The van der Waals surface area contributed by atoms with Crippen molar-refractivity contribution in [3.63, 3.8) is 0 Å². The minimum Gasteiger partial charge on any atom is -0.444 e. The number of nitrogens with zero attached hydrogens (tertiary/aromatic N) is 1. The third-order valence-corrected chi connectivity index (χ3v) is 4.85. The van der Waals surface area contributed by atoms with Gasteiger partial charge in [-0.15, -0.1) is 0 Å². The van der Waals surface area contributed by atoms with Crippen molar-refractivity contribution < 1.29 is 9.53 Å². The van der Waals surface area contributed by atoms with Gasteiger partial charge < -0.3 is 14.6 Å². The van der Waals surface area contributed by atoms with Gasteiger partial charge in [0.05, 0.1) is 0 Å². The quantitative estimate of drug-likeness (QED) is 0.784. The number of nitrogens with one attached hydrogen (secondary N) is 1. The third kappa shape index (κ3) is 3.39. The van der Waals surface area contributed by atoms with Crippen LogP contribution in [0.4, 0.5) is 4.79 Å². The smallest absolute Gasteiger partial charge is 0.410 e. The van der Waals surface area contributed by atoms with Gasteiger partial charge in [-0.1, -0.05) is 22.0 Å². The second kappa shape index (κ2) is 5.86. The predicted molar refractivity (Wildman–Crippen MR) is 95.8 cm³/mol. The summed E-state index contributed by atoms with van der Waals surface area (Å²) < 4.78 is 6.57. The molecule has 2 aromatic rings. The van der Waals surface area contributed by atoms with E-state index in [2.05, 4.69) is 39.1 Å². The number of hydrogen-bond acceptors (Lipinski definition) is 2. The van der Waals surface area contributed by atoms with Crippen LogP contribution in [0, 0.1) is 0 Å². The molecule has 1 aliphatic rings. The first-order valence-electron chi connectivity index (χ1n) is 7.99. The molecule has 0 aliphatic heterocycles. The Balaban J connectivity index is 1.82. The molecule has 1 atom stereocenters. The molecule has 1 amide bonds. The van der Waals surface area contributed by atoms with Crippen LogP contribution in [0.2, 0.25) is 0 Å². The number of H-pyrrole nitrogens is 1. The van der Waals surface area contributed by atoms with Gasteiger partial charge in [0, 0.05) is 34.2 Å². The van der Waals surface area contributed by atoms with E-state index in [4.69, 9.17) is 4.74 Å². The molecule has 4 nitrogen and oxygen atoms in total. The molecule has 0 spiro atoms. The van der Waals surface area contributed by atoms with Crippen molar-refractivity contribution in [1.29, 1.82) is 0 Å². The highest BCUT2D eigenvalue weighted by Gasteiger charge is 2.30. The number of likely N-dealkylation sites (N-methyl/N-ethyl adjacent to an activating group) is 1. The van der Waals surface area contributed by atoms with E-state index in [-0.39, 0.29) is 12.1 Å². The van der Waals surface area contributed by atoms with Crippen molar-refractivity contribution >= 4 is 32.9 Å². The fraction of sp³-hybridized carbons (Fsp3) is 0.500. The van der Waals surface area contributed by atoms with Crippen LogP contribution in [0.3, 0.4) is 0 Å². The number of aromatic amines is 1. The van der Waals surface area contributed by atoms with Crippen molar-refractivity contribution in [1.82, 2.24) is 9.88 Å². The van der Waals surface area contributed by atoms with Gasteiger partial charge in [-0.3, -0.25) is 0 Å². The van der Waals surface area contributed by atoms with Gasteiger partial charge in [-0.25, -0.2) is 4.79 Å². The first-order valence-corrected chi connectivity index (χ1v) is 8.79. The standard InChI is InChI=1S/C18H23BrN2O2/c1-18(2,3)23-17(22)21(4)12-6-8-15-14(10-12)13-7-5-11(19)9-16(13)20-15/h5,7,9,12,20H,6,8,10H2,1-4H3. The maximum Gasteiger partial charge on any atom is 0.410 e. The Morgan fingerprint density at radius 1 is 1.39 bits per heavy atom. The van der Waals surface area contributed by atoms with Crippen molar-refractivity contribution in [3.8, 4) is 0 Å². The highest BCUT2D eigenvalue weighted by Crippen LogP contribution is 2.32. The first-order chi connectivity index (χ1) is 10.7. The molecule has 5 heteroatoms. The molecule has 0 saturated carbocycles. The maximum absolute atomic E-state index is 12.3. The fourth-order valence-corrected chi connectivity index (χ4v) is 3.55. The molecular weight excluding hydrogens is 356 g/mol. The van der Waals surface area contributed by atoms with E-state index in [1.165, 1.54) is 16.6 Å². The molecule has 0 radical (unpaired) electrons. The van der Waals surface area contributed by atoms with E-state index in [9.17, 15) is 4.79 Å². The maximum atomic E-state index is 12.3. The van der Waals surface area contributed by atoms with E-state index >= 15 is 0 Å². The molecule has 1 aliphatic carbocycles. The average Bonchev–Trinajstić information content (AvgIpc) is 2.80. The van der Waals surface area contributed by atoms with Gasteiger partial charge in [0.2, 0.25) is 0 Å². The Morgan fingerprint density at radius 3 is 2.83 bits per heavy atom. The molecule has 1 heterocycles. The number of carbonyl (C=O) groups is 1. The summed E-state index contributed by atoms with van der Waals surface area (Å²) >= 11 is 3.52. The van der Waals surface area contributed by atoms with Crippen molar-refractivity contribution in [2.24, 2.45) is 0 Å². The van der Waals surface area contributed by atoms with Crippen LogP contribution in [0.25, 0.3) is 10.9 Å². The summed E-state index contributed by atoms with van der Waals surface area (Å²) in [6, 6.07) is 6.50. The van der Waals surface area contributed by atoms with Gasteiger partial charge >= 0.3 is 6.09 Å². The topological polar surface area (TPSA) is 45.3 Å². The van der Waals surface area contributed by atoms with Gasteiger partial charge in [-0.05, 0) is 57.7 Å². The number of aryl methyl sites for hydroxylation is 1. The number of ether oxygens (including phenoxy) is 1. The average molecular weight is 379 g/mol. The van der Waals surface area contributed by atoms with Crippen LogP contribution >= 0.6 is 15.9 Å². The van der Waals surface area contributed by atoms with E-state index in [0.717, 1.165) is 29.3 Å². The summed E-state index contributed by atoms with van der Waals surface area (Å²) in [5.41, 5.74) is 3.33. The largest absolute Gasteiger partial charge is 0.444 e. The van der Waals surface area contributed by atoms with Crippen LogP contribution < -0.4 is 0 Å². The lowest BCUT2D eigenvalue weighted by Crippen LogP contribution is -2.43. The molecule has 3 rings (SSSR count). The summed E-state index contributed by atoms with van der Waals surface area (Å²) in [6.07, 6.45) is 2.54. The third-order valence-electron chi connectivity index (χ3n) is 4.35. The Kier molecular flexibility index (Phi) is 4.17. The van der Waals surface area contributed by atoms with Gasteiger partial charge in [-0.2, -0.15) is 0 Å². The highest BCUT2D eigenvalue weighted by molar-refractivity contribution is 9.10. The van der Waals surface area contributed by atoms with E-state index < -0.39 is 5.60 Å².